The number of aliphatic hydroxyl groups excluding tert-OH is 1. The predicted molar refractivity (Wildman–Crippen MR) is 80.6 cm³/mol. The topological polar surface area (TPSA) is 67.5 Å². The van der Waals surface area contributed by atoms with Gasteiger partial charge in [-0.15, -0.1) is 0 Å². The normalized spacial score (nSPS) is 13.9. The molecule has 0 aliphatic rings. The van der Waals surface area contributed by atoms with Crippen molar-refractivity contribution in [1.82, 2.24) is 10.3 Å². The molecule has 0 amide bonds. The van der Waals surface area contributed by atoms with Gasteiger partial charge in [-0.1, -0.05) is 11.6 Å². The number of hydrogen-bond acceptors (Lipinski definition) is 5. The van der Waals surface area contributed by atoms with E-state index in [9.17, 15) is 5.11 Å². The standard InChI is InChI=1S/C15H19ClN2O3/c1-10-7-18-15(21-10)11(2)17-8-13(19)9-20-14-5-3-12(16)4-6-14/h3-7,11,13,17,19H,8-9H2,1-2H3. The zero-order valence-electron chi connectivity index (χ0n) is 12.0. The van der Waals surface area contributed by atoms with Crippen molar-refractivity contribution in [2.75, 3.05) is 13.2 Å². The van der Waals surface area contributed by atoms with Gasteiger partial charge in [-0.05, 0) is 38.1 Å². The molecule has 0 aliphatic carbocycles. The average Bonchev–Trinajstić information content (AvgIpc) is 2.91. The number of aryl methyl sites for hydroxylation is 1. The molecule has 0 spiro atoms. The lowest BCUT2D eigenvalue weighted by atomic mass is 10.3. The SMILES string of the molecule is Cc1cnc(C(C)NCC(O)COc2ccc(Cl)cc2)o1. The Labute approximate surface area is 128 Å². The minimum atomic E-state index is -0.626. The lowest BCUT2D eigenvalue weighted by Crippen LogP contribution is -2.33. The number of aromatic nitrogens is 1. The number of halogens is 1. The van der Waals surface area contributed by atoms with Crippen molar-refractivity contribution < 1.29 is 14.3 Å². The monoisotopic (exact) mass is 310 g/mol. The first-order valence-corrected chi connectivity index (χ1v) is 7.14. The maximum atomic E-state index is 9.90. The van der Waals surface area contributed by atoms with Gasteiger partial charge in [0.05, 0.1) is 12.2 Å². The molecule has 0 radical (unpaired) electrons. The van der Waals surface area contributed by atoms with Crippen LogP contribution in [0.1, 0.15) is 24.6 Å². The molecule has 6 heteroatoms. The van der Waals surface area contributed by atoms with E-state index in [2.05, 4.69) is 10.3 Å². The number of oxazole rings is 1. The van der Waals surface area contributed by atoms with Crippen LogP contribution in [0.2, 0.25) is 5.02 Å². The molecule has 2 atom stereocenters. The molecule has 2 N–H and O–H groups in total. The maximum Gasteiger partial charge on any atom is 0.211 e. The Morgan fingerprint density at radius 1 is 1.38 bits per heavy atom. The summed E-state index contributed by atoms with van der Waals surface area (Å²) in [4.78, 5) is 4.14. The van der Waals surface area contributed by atoms with E-state index in [1.165, 1.54) is 0 Å². The van der Waals surface area contributed by atoms with Gasteiger partial charge in [0, 0.05) is 11.6 Å². The van der Waals surface area contributed by atoms with Crippen LogP contribution in [0.5, 0.6) is 5.75 Å². The third-order valence-corrected chi connectivity index (χ3v) is 3.18. The second-order valence-electron chi connectivity index (χ2n) is 4.86. The summed E-state index contributed by atoms with van der Waals surface area (Å²) in [6.45, 7) is 4.36. The van der Waals surface area contributed by atoms with E-state index in [1.54, 1.807) is 30.5 Å². The van der Waals surface area contributed by atoms with Crippen molar-refractivity contribution >= 4 is 11.6 Å². The van der Waals surface area contributed by atoms with Gasteiger partial charge in [0.15, 0.2) is 0 Å². The summed E-state index contributed by atoms with van der Waals surface area (Å²) in [7, 11) is 0. The molecule has 114 valence electrons. The molecule has 2 aromatic rings. The molecule has 1 aromatic heterocycles. The molecule has 0 bridgehead atoms. The molecule has 1 aromatic carbocycles. The molecule has 21 heavy (non-hydrogen) atoms. The van der Waals surface area contributed by atoms with Crippen LogP contribution in [0.15, 0.2) is 34.9 Å². The van der Waals surface area contributed by atoms with Gasteiger partial charge in [-0.25, -0.2) is 4.98 Å². The van der Waals surface area contributed by atoms with Gasteiger partial charge < -0.3 is 19.6 Å². The van der Waals surface area contributed by atoms with Crippen LogP contribution in [0.3, 0.4) is 0 Å². The molecule has 0 saturated heterocycles. The largest absolute Gasteiger partial charge is 0.491 e. The highest BCUT2D eigenvalue weighted by molar-refractivity contribution is 6.30. The summed E-state index contributed by atoms with van der Waals surface area (Å²) in [6, 6.07) is 6.95. The number of rotatable bonds is 7. The zero-order valence-corrected chi connectivity index (χ0v) is 12.8. The second-order valence-corrected chi connectivity index (χ2v) is 5.29. The van der Waals surface area contributed by atoms with E-state index in [0.717, 1.165) is 5.76 Å². The Kier molecular flexibility index (Phi) is 5.61. The Bertz CT molecular complexity index is 556. The van der Waals surface area contributed by atoms with Crippen LogP contribution >= 0.6 is 11.6 Å². The van der Waals surface area contributed by atoms with Gasteiger partial charge in [0.1, 0.15) is 24.2 Å². The minimum absolute atomic E-state index is 0.0659. The fraction of sp³-hybridized carbons (Fsp3) is 0.400. The zero-order chi connectivity index (χ0) is 15.2. The van der Waals surface area contributed by atoms with Gasteiger partial charge in [-0.2, -0.15) is 0 Å². The summed E-state index contributed by atoms with van der Waals surface area (Å²) in [5.74, 6) is 2.05. The molecular weight excluding hydrogens is 292 g/mol. The Morgan fingerprint density at radius 2 is 2.10 bits per heavy atom. The molecule has 0 aliphatic heterocycles. The van der Waals surface area contributed by atoms with Crippen LogP contribution in [0, 0.1) is 6.92 Å². The highest BCUT2D eigenvalue weighted by Crippen LogP contribution is 2.16. The van der Waals surface area contributed by atoms with Crippen molar-refractivity contribution in [3.8, 4) is 5.75 Å². The van der Waals surface area contributed by atoms with Gasteiger partial charge in [0.25, 0.3) is 0 Å². The average molecular weight is 311 g/mol. The van der Waals surface area contributed by atoms with E-state index in [4.69, 9.17) is 20.8 Å². The summed E-state index contributed by atoms with van der Waals surface area (Å²) in [5, 5.41) is 13.7. The quantitative estimate of drug-likeness (QED) is 0.823. The van der Waals surface area contributed by atoms with E-state index in [0.29, 0.717) is 23.2 Å². The number of benzene rings is 1. The molecule has 0 saturated carbocycles. The second kappa shape index (κ2) is 7.45. The molecule has 5 nitrogen and oxygen atoms in total. The summed E-state index contributed by atoms with van der Waals surface area (Å²) in [6.07, 6.45) is 1.05. The fourth-order valence-corrected chi connectivity index (χ4v) is 1.88. The van der Waals surface area contributed by atoms with Crippen LogP contribution in [-0.2, 0) is 0 Å². The van der Waals surface area contributed by atoms with Crippen LogP contribution in [-0.4, -0.2) is 29.3 Å². The highest BCUT2D eigenvalue weighted by atomic mass is 35.5. The van der Waals surface area contributed by atoms with Crippen LogP contribution < -0.4 is 10.1 Å². The first-order chi connectivity index (χ1) is 10.0. The van der Waals surface area contributed by atoms with E-state index in [-0.39, 0.29) is 12.6 Å². The molecule has 2 rings (SSSR count). The van der Waals surface area contributed by atoms with Crippen molar-refractivity contribution in [2.45, 2.75) is 26.0 Å². The maximum absolute atomic E-state index is 9.90. The Balaban J connectivity index is 1.72. The van der Waals surface area contributed by atoms with E-state index < -0.39 is 6.10 Å². The molecule has 2 unspecified atom stereocenters. The molecule has 1 heterocycles. The third-order valence-electron chi connectivity index (χ3n) is 2.93. The van der Waals surface area contributed by atoms with E-state index >= 15 is 0 Å². The number of ether oxygens (including phenoxy) is 1. The van der Waals surface area contributed by atoms with Crippen molar-refractivity contribution in [3.05, 3.63) is 47.1 Å². The van der Waals surface area contributed by atoms with Gasteiger partial charge in [0.2, 0.25) is 5.89 Å². The van der Waals surface area contributed by atoms with Crippen LogP contribution in [0.4, 0.5) is 0 Å². The number of aliphatic hydroxyl groups is 1. The summed E-state index contributed by atoms with van der Waals surface area (Å²) in [5.41, 5.74) is 0. The lowest BCUT2D eigenvalue weighted by Gasteiger charge is -2.15. The first kappa shape index (κ1) is 15.8. The number of nitrogens with one attached hydrogen (secondary N) is 1. The Hall–Kier alpha value is -1.56. The number of nitrogens with zero attached hydrogens (tertiary/aromatic N) is 1. The highest BCUT2D eigenvalue weighted by Gasteiger charge is 2.13. The molecular formula is C15H19ClN2O3. The van der Waals surface area contributed by atoms with Crippen LogP contribution in [0.25, 0.3) is 0 Å². The first-order valence-electron chi connectivity index (χ1n) is 6.76. The fourth-order valence-electron chi connectivity index (χ4n) is 1.75. The molecule has 0 fully saturated rings. The summed E-state index contributed by atoms with van der Waals surface area (Å²) < 4.78 is 10.9. The Morgan fingerprint density at radius 3 is 2.71 bits per heavy atom. The predicted octanol–water partition coefficient (Wildman–Crippen LogP) is 2.73. The van der Waals surface area contributed by atoms with Crippen molar-refractivity contribution in [1.29, 1.82) is 0 Å². The minimum Gasteiger partial charge on any atom is -0.491 e. The van der Waals surface area contributed by atoms with Crippen molar-refractivity contribution in [2.24, 2.45) is 0 Å². The van der Waals surface area contributed by atoms with E-state index in [1.807, 2.05) is 13.8 Å². The van der Waals surface area contributed by atoms with Gasteiger partial charge in [-0.3, -0.25) is 0 Å². The summed E-state index contributed by atoms with van der Waals surface area (Å²) >= 11 is 5.79. The number of hydrogen-bond donors (Lipinski definition) is 2. The van der Waals surface area contributed by atoms with Gasteiger partial charge >= 0.3 is 0 Å². The lowest BCUT2D eigenvalue weighted by molar-refractivity contribution is 0.103. The van der Waals surface area contributed by atoms with Crippen molar-refractivity contribution in [3.63, 3.8) is 0 Å². The third kappa shape index (κ3) is 5.04. The smallest absolute Gasteiger partial charge is 0.211 e.